The molecule has 0 spiro atoms. The van der Waals surface area contributed by atoms with Gasteiger partial charge >= 0.3 is 0 Å². The Kier molecular flexibility index (Phi) is 2.83. The van der Waals surface area contributed by atoms with Gasteiger partial charge < -0.3 is 4.98 Å². The van der Waals surface area contributed by atoms with E-state index in [1.54, 1.807) is 24.5 Å². The van der Waals surface area contributed by atoms with E-state index >= 15 is 0 Å². The largest absolute Gasteiger partial charge is 0.345 e. The first kappa shape index (κ1) is 14.0. The van der Waals surface area contributed by atoms with Crippen LogP contribution >= 0.6 is 0 Å². The van der Waals surface area contributed by atoms with Crippen molar-refractivity contribution in [2.45, 2.75) is 11.8 Å². The van der Waals surface area contributed by atoms with Gasteiger partial charge in [0.25, 0.3) is 0 Å². The van der Waals surface area contributed by atoms with E-state index in [2.05, 4.69) is 15.0 Å². The molecule has 0 saturated carbocycles. The summed E-state index contributed by atoms with van der Waals surface area (Å²) in [5, 5.41) is 0. The molecule has 6 nitrogen and oxygen atoms in total. The quantitative estimate of drug-likeness (QED) is 0.614. The number of aromatic amines is 1. The highest BCUT2D eigenvalue weighted by atomic mass is 32.2. The second-order valence-corrected chi connectivity index (χ2v) is 7.54. The van der Waals surface area contributed by atoms with Gasteiger partial charge in [0, 0.05) is 18.0 Å². The fourth-order valence-electron chi connectivity index (χ4n) is 2.82. The lowest BCUT2D eigenvalue weighted by molar-refractivity contribution is 0.602. The summed E-state index contributed by atoms with van der Waals surface area (Å²) in [5.41, 5.74) is 4.92. The predicted molar refractivity (Wildman–Crippen MR) is 88.1 cm³/mol. The van der Waals surface area contributed by atoms with E-state index in [9.17, 15) is 8.42 Å². The Balaban J connectivity index is 2.04. The number of H-pyrrole nitrogens is 1. The van der Waals surface area contributed by atoms with E-state index in [0.29, 0.717) is 0 Å². The van der Waals surface area contributed by atoms with E-state index in [1.165, 1.54) is 6.26 Å². The van der Waals surface area contributed by atoms with Crippen LogP contribution in [-0.2, 0) is 9.84 Å². The highest BCUT2D eigenvalue weighted by Crippen LogP contribution is 2.28. The molecular weight excluding hydrogens is 312 g/mol. The fourth-order valence-corrected chi connectivity index (χ4v) is 3.49. The Labute approximate surface area is 132 Å². The van der Waals surface area contributed by atoms with Gasteiger partial charge in [0.05, 0.1) is 27.3 Å². The van der Waals surface area contributed by atoms with Gasteiger partial charge in [0.1, 0.15) is 6.33 Å². The standard InChI is InChI=1S/C16H14N4O2S/c1-10-15-14(11-4-3-5-12(8-11)23(2,21)22)18-9-20(15)13-6-7-17-16(13)19-10/h3-9,17H,1-2H3. The van der Waals surface area contributed by atoms with Gasteiger partial charge in [-0.3, -0.25) is 4.40 Å². The molecule has 1 N–H and O–H groups in total. The average molecular weight is 326 g/mol. The number of sulfone groups is 1. The van der Waals surface area contributed by atoms with Crippen molar-refractivity contribution in [1.82, 2.24) is 19.4 Å². The van der Waals surface area contributed by atoms with Crippen LogP contribution in [0.4, 0.5) is 0 Å². The Morgan fingerprint density at radius 3 is 2.83 bits per heavy atom. The third kappa shape index (κ3) is 2.12. The third-order valence-electron chi connectivity index (χ3n) is 3.89. The van der Waals surface area contributed by atoms with Crippen LogP contribution in [0.15, 0.2) is 47.8 Å². The fraction of sp³-hybridized carbons (Fsp3) is 0.125. The number of fused-ring (bicyclic) bond motifs is 3. The summed E-state index contributed by atoms with van der Waals surface area (Å²) < 4.78 is 25.5. The molecule has 0 aliphatic rings. The minimum Gasteiger partial charge on any atom is -0.345 e. The molecule has 0 radical (unpaired) electrons. The van der Waals surface area contributed by atoms with Crippen molar-refractivity contribution >= 4 is 26.5 Å². The van der Waals surface area contributed by atoms with Crippen molar-refractivity contribution in [3.05, 3.63) is 48.5 Å². The molecule has 0 fully saturated rings. The second-order valence-electron chi connectivity index (χ2n) is 5.52. The number of hydrogen-bond donors (Lipinski definition) is 1. The van der Waals surface area contributed by atoms with Crippen molar-refractivity contribution in [2.75, 3.05) is 6.26 Å². The zero-order chi connectivity index (χ0) is 16.2. The SMILES string of the molecule is Cc1nc2[nH]ccc2n2cnc(-c3cccc(S(C)(=O)=O)c3)c12. The lowest BCUT2D eigenvalue weighted by Gasteiger charge is -2.05. The Morgan fingerprint density at radius 2 is 2.04 bits per heavy atom. The van der Waals surface area contributed by atoms with Crippen LogP contribution in [0.2, 0.25) is 0 Å². The van der Waals surface area contributed by atoms with Crippen LogP contribution in [-0.4, -0.2) is 34.0 Å². The minimum atomic E-state index is -3.26. The summed E-state index contributed by atoms with van der Waals surface area (Å²) in [7, 11) is -3.26. The lowest BCUT2D eigenvalue weighted by atomic mass is 10.1. The highest BCUT2D eigenvalue weighted by molar-refractivity contribution is 7.90. The van der Waals surface area contributed by atoms with Crippen LogP contribution in [0.5, 0.6) is 0 Å². The van der Waals surface area contributed by atoms with Crippen molar-refractivity contribution in [2.24, 2.45) is 0 Å². The Hall–Kier alpha value is -2.67. The number of imidazole rings is 1. The van der Waals surface area contributed by atoms with Crippen molar-refractivity contribution in [3.8, 4) is 11.3 Å². The topological polar surface area (TPSA) is 80.1 Å². The molecule has 0 aliphatic heterocycles. The summed E-state index contributed by atoms with van der Waals surface area (Å²) in [4.78, 5) is 12.4. The van der Waals surface area contributed by atoms with Gasteiger partial charge in [0.15, 0.2) is 15.5 Å². The second kappa shape index (κ2) is 4.66. The van der Waals surface area contributed by atoms with Gasteiger partial charge in [-0.2, -0.15) is 0 Å². The summed E-state index contributed by atoms with van der Waals surface area (Å²) in [6, 6.07) is 8.77. The Bertz CT molecular complexity index is 1160. The molecule has 3 aromatic heterocycles. The molecule has 3 heterocycles. The van der Waals surface area contributed by atoms with Crippen LogP contribution < -0.4 is 0 Å². The van der Waals surface area contributed by atoms with Gasteiger partial charge in [-0.25, -0.2) is 18.4 Å². The van der Waals surface area contributed by atoms with Crippen molar-refractivity contribution < 1.29 is 8.42 Å². The van der Waals surface area contributed by atoms with Crippen LogP contribution in [0.1, 0.15) is 5.69 Å². The average Bonchev–Trinajstić information content (AvgIpc) is 3.12. The molecule has 1 aromatic carbocycles. The molecular formula is C16H14N4O2S. The number of hydrogen-bond acceptors (Lipinski definition) is 4. The monoisotopic (exact) mass is 326 g/mol. The van der Waals surface area contributed by atoms with E-state index in [4.69, 9.17) is 0 Å². The summed E-state index contributed by atoms with van der Waals surface area (Å²) in [5.74, 6) is 0. The van der Waals surface area contributed by atoms with Gasteiger partial charge in [-0.1, -0.05) is 12.1 Å². The number of aromatic nitrogens is 4. The predicted octanol–water partition coefficient (Wildman–Crippen LogP) is 2.59. The molecule has 4 rings (SSSR count). The lowest BCUT2D eigenvalue weighted by Crippen LogP contribution is -1.97. The number of rotatable bonds is 2. The molecule has 4 aromatic rings. The molecule has 0 bridgehead atoms. The zero-order valence-electron chi connectivity index (χ0n) is 12.6. The normalized spacial score (nSPS) is 12.3. The zero-order valence-corrected chi connectivity index (χ0v) is 13.4. The molecule has 0 unspecified atom stereocenters. The number of nitrogens with one attached hydrogen (secondary N) is 1. The maximum atomic E-state index is 11.8. The summed E-state index contributed by atoms with van der Waals surface area (Å²) in [6.45, 7) is 1.92. The maximum absolute atomic E-state index is 11.8. The molecule has 0 saturated heterocycles. The van der Waals surface area contributed by atoms with Gasteiger partial charge in [0.2, 0.25) is 0 Å². The number of nitrogens with zero attached hydrogens (tertiary/aromatic N) is 3. The first-order valence-corrected chi connectivity index (χ1v) is 8.95. The first-order valence-electron chi connectivity index (χ1n) is 7.06. The highest BCUT2D eigenvalue weighted by Gasteiger charge is 2.15. The molecule has 0 aliphatic carbocycles. The molecule has 23 heavy (non-hydrogen) atoms. The molecule has 0 amide bonds. The smallest absolute Gasteiger partial charge is 0.175 e. The summed E-state index contributed by atoms with van der Waals surface area (Å²) >= 11 is 0. The van der Waals surface area contributed by atoms with E-state index in [0.717, 1.165) is 33.6 Å². The van der Waals surface area contributed by atoms with Crippen LogP contribution in [0.25, 0.3) is 27.9 Å². The number of benzene rings is 1. The van der Waals surface area contributed by atoms with Crippen molar-refractivity contribution in [3.63, 3.8) is 0 Å². The van der Waals surface area contributed by atoms with E-state index in [-0.39, 0.29) is 4.90 Å². The third-order valence-corrected chi connectivity index (χ3v) is 5.00. The van der Waals surface area contributed by atoms with Gasteiger partial charge in [-0.15, -0.1) is 0 Å². The molecule has 116 valence electrons. The van der Waals surface area contributed by atoms with Crippen LogP contribution in [0, 0.1) is 6.92 Å². The van der Waals surface area contributed by atoms with Crippen molar-refractivity contribution in [1.29, 1.82) is 0 Å². The molecule has 7 heteroatoms. The Morgan fingerprint density at radius 1 is 1.22 bits per heavy atom. The van der Waals surface area contributed by atoms with E-state index < -0.39 is 9.84 Å². The van der Waals surface area contributed by atoms with E-state index in [1.807, 2.05) is 29.7 Å². The molecule has 0 atom stereocenters. The van der Waals surface area contributed by atoms with Crippen LogP contribution in [0.3, 0.4) is 0 Å². The number of aryl methyl sites for hydroxylation is 1. The minimum absolute atomic E-state index is 0.282. The maximum Gasteiger partial charge on any atom is 0.175 e. The first-order chi connectivity index (χ1) is 10.9. The van der Waals surface area contributed by atoms with Gasteiger partial charge in [-0.05, 0) is 25.1 Å². The summed E-state index contributed by atoms with van der Waals surface area (Å²) in [6.07, 6.45) is 4.77.